The van der Waals surface area contributed by atoms with E-state index in [9.17, 15) is 8.42 Å². The zero-order valence-electron chi connectivity index (χ0n) is 10.3. The fraction of sp³-hybridized carbons (Fsp3) is 0.182. The third-order valence-corrected chi connectivity index (χ3v) is 4.71. The fourth-order valence-electron chi connectivity index (χ4n) is 1.38. The van der Waals surface area contributed by atoms with Crippen molar-refractivity contribution < 1.29 is 12.9 Å². The molecule has 0 saturated heterocycles. The quantitative estimate of drug-likeness (QED) is 0.832. The molecule has 1 aromatic heterocycles. The molecule has 3 N–H and O–H groups in total. The average molecular weight is 346 g/mol. The van der Waals surface area contributed by atoms with Crippen LogP contribution in [0, 0.1) is 13.8 Å². The largest absolute Gasteiger partial charge is 0.398 e. The van der Waals surface area contributed by atoms with Crippen LogP contribution in [0.5, 0.6) is 0 Å². The Kier molecular flexibility index (Phi) is 3.55. The Morgan fingerprint density at radius 1 is 1.37 bits per heavy atom. The van der Waals surface area contributed by atoms with E-state index in [4.69, 9.17) is 10.3 Å². The first-order valence-electron chi connectivity index (χ1n) is 5.32. The van der Waals surface area contributed by atoms with Crippen LogP contribution in [0.4, 0.5) is 11.6 Å². The van der Waals surface area contributed by atoms with Crippen LogP contribution in [0.3, 0.4) is 0 Å². The smallest absolute Gasteiger partial charge is 0.264 e. The van der Waals surface area contributed by atoms with Gasteiger partial charge in [-0.25, -0.2) is 13.1 Å². The molecule has 1 heterocycles. The van der Waals surface area contributed by atoms with Crippen molar-refractivity contribution in [2.45, 2.75) is 18.7 Å². The maximum Gasteiger partial charge on any atom is 0.264 e. The molecule has 0 atom stereocenters. The predicted octanol–water partition coefficient (Wildman–Crippen LogP) is 2.44. The molecule has 19 heavy (non-hydrogen) atoms. The topological polar surface area (TPSA) is 98.2 Å². The van der Waals surface area contributed by atoms with Crippen molar-refractivity contribution in [1.82, 2.24) is 5.16 Å². The highest BCUT2D eigenvalue weighted by atomic mass is 79.9. The van der Waals surface area contributed by atoms with E-state index in [0.717, 1.165) is 0 Å². The molecule has 102 valence electrons. The van der Waals surface area contributed by atoms with Gasteiger partial charge in [-0.1, -0.05) is 5.16 Å². The molecule has 0 aliphatic heterocycles. The molecule has 6 nitrogen and oxygen atoms in total. The SMILES string of the molecule is Cc1noc(NS(=O)(=O)c2ccc(Br)c(N)c2)c1C. The van der Waals surface area contributed by atoms with Crippen molar-refractivity contribution in [3.05, 3.63) is 33.9 Å². The van der Waals surface area contributed by atoms with Crippen molar-refractivity contribution in [3.63, 3.8) is 0 Å². The number of hydrogen-bond donors (Lipinski definition) is 2. The third kappa shape index (κ3) is 2.74. The second-order valence-corrected chi connectivity index (χ2v) is 6.55. The van der Waals surface area contributed by atoms with E-state index >= 15 is 0 Å². The lowest BCUT2D eigenvalue weighted by molar-refractivity contribution is 0.430. The minimum atomic E-state index is -3.75. The minimum absolute atomic E-state index is 0.0571. The van der Waals surface area contributed by atoms with Gasteiger partial charge in [-0.2, -0.15) is 0 Å². The highest BCUT2D eigenvalue weighted by molar-refractivity contribution is 9.10. The summed E-state index contributed by atoms with van der Waals surface area (Å²) in [5, 5.41) is 3.69. The van der Waals surface area contributed by atoms with Gasteiger partial charge in [0.1, 0.15) is 0 Å². The number of aryl methyl sites for hydroxylation is 1. The fourth-order valence-corrected chi connectivity index (χ4v) is 2.71. The number of benzene rings is 1. The lowest BCUT2D eigenvalue weighted by Gasteiger charge is -2.07. The van der Waals surface area contributed by atoms with Crippen LogP contribution < -0.4 is 10.5 Å². The standard InChI is InChI=1S/C11H12BrN3O3S/c1-6-7(2)14-18-11(6)15-19(16,17)8-3-4-9(12)10(13)5-8/h3-5,15H,13H2,1-2H3. The van der Waals surface area contributed by atoms with Gasteiger partial charge >= 0.3 is 0 Å². The zero-order valence-corrected chi connectivity index (χ0v) is 12.7. The Labute approximate surface area is 119 Å². The summed E-state index contributed by atoms with van der Waals surface area (Å²) in [4.78, 5) is 0.0571. The molecule has 0 spiro atoms. The second kappa shape index (κ2) is 4.86. The van der Waals surface area contributed by atoms with Gasteiger partial charge in [-0.3, -0.25) is 0 Å². The number of nitrogens with two attached hydrogens (primary N) is 1. The van der Waals surface area contributed by atoms with Crippen LogP contribution in [-0.4, -0.2) is 13.6 Å². The molecular formula is C11H12BrN3O3S. The Morgan fingerprint density at radius 2 is 2.05 bits per heavy atom. The monoisotopic (exact) mass is 345 g/mol. The zero-order chi connectivity index (χ0) is 14.2. The second-order valence-electron chi connectivity index (χ2n) is 4.01. The average Bonchev–Trinajstić information content (AvgIpc) is 2.64. The Balaban J connectivity index is 2.37. The van der Waals surface area contributed by atoms with Gasteiger partial charge in [0.2, 0.25) is 5.88 Å². The molecule has 0 fully saturated rings. The van der Waals surface area contributed by atoms with E-state index in [1.165, 1.54) is 12.1 Å². The Hall–Kier alpha value is -1.54. The lowest BCUT2D eigenvalue weighted by Crippen LogP contribution is -2.13. The molecule has 0 bridgehead atoms. The Morgan fingerprint density at radius 3 is 2.58 bits per heavy atom. The number of nitrogens with zero attached hydrogens (tertiary/aromatic N) is 1. The van der Waals surface area contributed by atoms with E-state index in [2.05, 4.69) is 25.8 Å². The first kappa shape index (κ1) is 13.9. The first-order valence-corrected chi connectivity index (χ1v) is 7.59. The van der Waals surface area contributed by atoms with Gasteiger partial charge in [0.15, 0.2) is 0 Å². The predicted molar refractivity (Wildman–Crippen MR) is 75.3 cm³/mol. The summed E-state index contributed by atoms with van der Waals surface area (Å²) >= 11 is 3.21. The molecule has 0 aliphatic carbocycles. The van der Waals surface area contributed by atoms with Gasteiger partial charge in [0, 0.05) is 15.7 Å². The van der Waals surface area contributed by atoms with Gasteiger partial charge in [0.25, 0.3) is 10.0 Å². The van der Waals surface area contributed by atoms with Crippen LogP contribution in [0.15, 0.2) is 32.1 Å². The van der Waals surface area contributed by atoms with Gasteiger partial charge in [-0.05, 0) is 48.0 Å². The van der Waals surface area contributed by atoms with E-state index < -0.39 is 10.0 Å². The summed E-state index contributed by atoms with van der Waals surface area (Å²) in [6.07, 6.45) is 0. The van der Waals surface area contributed by atoms with Crippen molar-refractivity contribution in [2.24, 2.45) is 0 Å². The number of hydrogen-bond acceptors (Lipinski definition) is 5. The highest BCUT2D eigenvalue weighted by Crippen LogP contribution is 2.25. The van der Waals surface area contributed by atoms with E-state index in [-0.39, 0.29) is 10.8 Å². The van der Waals surface area contributed by atoms with Crippen LogP contribution in [-0.2, 0) is 10.0 Å². The van der Waals surface area contributed by atoms with Gasteiger partial charge in [-0.15, -0.1) is 0 Å². The molecule has 0 unspecified atom stereocenters. The van der Waals surface area contributed by atoms with E-state index in [1.54, 1.807) is 19.9 Å². The van der Waals surface area contributed by atoms with Crippen molar-refractivity contribution >= 4 is 37.5 Å². The number of nitrogens with one attached hydrogen (secondary N) is 1. The van der Waals surface area contributed by atoms with Crippen molar-refractivity contribution in [1.29, 1.82) is 0 Å². The number of anilines is 2. The van der Waals surface area contributed by atoms with Gasteiger partial charge in [0.05, 0.1) is 10.6 Å². The lowest BCUT2D eigenvalue weighted by atomic mass is 10.3. The summed E-state index contributed by atoms with van der Waals surface area (Å²) in [7, 11) is -3.75. The van der Waals surface area contributed by atoms with Crippen molar-refractivity contribution in [3.8, 4) is 0 Å². The van der Waals surface area contributed by atoms with Crippen LogP contribution in [0.2, 0.25) is 0 Å². The molecular weight excluding hydrogens is 334 g/mol. The minimum Gasteiger partial charge on any atom is -0.398 e. The summed E-state index contributed by atoms with van der Waals surface area (Å²) in [6.45, 7) is 3.45. The summed E-state index contributed by atoms with van der Waals surface area (Å²) < 4.78 is 32.2. The van der Waals surface area contributed by atoms with E-state index in [0.29, 0.717) is 21.4 Å². The number of nitrogen functional groups attached to an aromatic ring is 1. The molecule has 2 rings (SSSR count). The maximum atomic E-state index is 12.2. The third-order valence-electron chi connectivity index (χ3n) is 2.66. The number of sulfonamides is 1. The molecule has 0 saturated carbocycles. The highest BCUT2D eigenvalue weighted by Gasteiger charge is 2.19. The summed E-state index contributed by atoms with van der Waals surface area (Å²) in [5.41, 5.74) is 7.29. The van der Waals surface area contributed by atoms with E-state index in [1.807, 2.05) is 0 Å². The number of rotatable bonds is 3. The Bertz CT molecular complexity index is 725. The summed E-state index contributed by atoms with van der Waals surface area (Å²) in [5.74, 6) is 0.110. The molecule has 0 amide bonds. The number of halogens is 1. The van der Waals surface area contributed by atoms with Crippen molar-refractivity contribution in [2.75, 3.05) is 10.5 Å². The van der Waals surface area contributed by atoms with Crippen LogP contribution >= 0.6 is 15.9 Å². The number of aromatic nitrogens is 1. The molecule has 1 aromatic carbocycles. The maximum absolute atomic E-state index is 12.2. The molecule has 0 aliphatic rings. The normalized spacial score (nSPS) is 11.5. The van der Waals surface area contributed by atoms with Crippen LogP contribution in [0.1, 0.15) is 11.3 Å². The molecule has 2 aromatic rings. The first-order chi connectivity index (χ1) is 8.81. The van der Waals surface area contributed by atoms with Gasteiger partial charge < -0.3 is 10.3 Å². The molecule has 0 radical (unpaired) electrons. The summed E-state index contributed by atoms with van der Waals surface area (Å²) in [6, 6.07) is 4.38. The molecule has 8 heteroatoms. The van der Waals surface area contributed by atoms with Crippen LogP contribution in [0.25, 0.3) is 0 Å².